The van der Waals surface area contributed by atoms with Crippen LogP contribution in [0.25, 0.3) is 0 Å². The molecule has 1 heterocycles. The monoisotopic (exact) mass is 242 g/mol. The maximum Gasteiger partial charge on any atom is 0.123 e. The predicted octanol–water partition coefficient (Wildman–Crippen LogP) is 1.91. The Morgan fingerprint density at radius 1 is 1.39 bits per heavy atom. The average Bonchev–Trinajstić information content (AvgIpc) is 2.86. The number of aromatic nitrogens is 1. The minimum Gasteiger partial charge on any atom is -0.496 e. The summed E-state index contributed by atoms with van der Waals surface area (Å²) < 4.78 is 7.21. The van der Waals surface area contributed by atoms with Crippen LogP contribution in [0.4, 0.5) is 0 Å². The first-order valence-electron chi connectivity index (χ1n) is 5.60. The summed E-state index contributed by atoms with van der Waals surface area (Å²) in [5, 5.41) is 18.1. The van der Waals surface area contributed by atoms with E-state index < -0.39 is 0 Å². The molecule has 0 saturated carbocycles. The first kappa shape index (κ1) is 12.2. The average molecular weight is 242 g/mol. The van der Waals surface area contributed by atoms with Crippen LogP contribution >= 0.6 is 0 Å². The summed E-state index contributed by atoms with van der Waals surface area (Å²) in [5.74, 6) is 0.742. The number of aliphatic hydroxyl groups excluding tert-OH is 1. The third-order valence-corrected chi connectivity index (χ3v) is 2.84. The second kappa shape index (κ2) is 5.39. The number of hydrogen-bond acceptors (Lipinski definition) is 3. The predicted molar refractivity (Wildman–Crippen MR) is 67.2 cm³/mol. The third-order valence-electron chi connectivity index (χ3n) is 2.84. The first-order chi connectivity index (χ1) is 8.78. The van der Waals surface area contributed by atoms with Crippen LogP contribution in [-0.4, -0.2) is 16.8 Å². The van der Waals surface area contributed by atoms with Crippen LogP contribution in [0.3, 0.4) is 0 Å². The van der Waals surface area contributed by atoms with Crippen molar-refractivity contribution >= 4 is 0 Å². The summed E-state index contributed by atoms with van der Waals surface area (Å²) in [6, 6.07) is 11.2. The summed E-state index contributed by atoms with van der Waals surface area (Å²) in [5.41, 5.74) is 2.35. The van der Waals surface area contributed by atoms with Crippen LogP contribution in [0.2, 0.25) is 0 Å². The Labute approximate surface area is 106 Å². The number of hydrogen-bond donors (Lipinski definition) is 1. The van der Waals surface area contributed by atoms with Gasteiger partial charge in [0.15, 0.2) is 0 Å². The molecule has 2 aromatic rings. The minimum atomic E-state index is -0.00669. The van der Waals surface area contributed by atoms with E-state index in [1.807, 2.05) is 22.9 Å². The molecule has 0 bridgehead atoms. The Kier molecular flexibility index (Phi) is 3.66. The molecule has 4 heteroatoms. The molecule has 0 aliphatic heterocycles. The van der Waals surface area contributed by atoms with E-state index >= 15 is 0 Å². The van der Waals surface area contributed by atoms with Crippen LogP contribution in [0.5, 0.6) is 5.75 Å². The molecule has 0 aliphatic rings. The molecule has 0 spiro atoms. The fraction of sp³-hybridized carbons (Fsp3) is 0.214. The van der Waals surface area contributed by atoms with Gasteiger partial charge in [0.2, 0.25) is 0 Å². The van der Waals surface area contributed by atoms with Gasteiger partial charge >= 0.3 is 0 Å². The SMILES string of the molecule is COc1ccc(C#N)cc1Cn1cccc1CO. The van der Waals surface area contributed by atoms with Gasteiger partial charge in [0.1, 0.15) is 5.75 Å². The zero-order chi connectivity index (χ0) is 13.0. The van der Waals surface area contributed by atoms with Gasteiger partial charge in [-0.15, -0.1) is 0 Å². The van der Waals surface area contributed by atoms with Gasteiger partial charge in [-0.25, -0.2) is 0 Å². The fourth-order valence-electron chi connectivity index (χ4n) is 1.90. The molecular formula is C14H14N2O2. The van der Waals surface area contributed by atoms with E-state index in [1.54, 1.807) is 25.3 Å². The maximum absolute atomic E-state index is 9.21. The molecule has 1 aromatic carbocycles. The molecule has 0 aliphatic carbocycles. The summed E-state index contributed by atoms with van der Waals surface area (Å²) in [6.07, 6.45) is 1.89. The smallest absolute Gasteiger partial charge is 0.123 e. The van der Waals surface area contributed by atoms with Gasteiger partial charge in [0.05, 0.1) is 31.9 Å². The quantitative estimate of drug-likeness (QED) is 0.891. The second-order valence-corrected chi connectivity index (χ2v) is 3.92. The normalized spacial score (nSPS) is 10.1. The number of aliphatic hydroxyl groups is 1. The van der Waals surface area contributed by atoms with Gasteiger partial charge in [0.25, 0.3) is 0 Å². The standard InChI is InChI=1S/C14H14N2O2/c1-18-14-5-4-11(8-15)7-12(14)9-16-6-2-3-13(16)10-17/h2-7,17H,9-10H2,1H3. The Balaban J connectivity index is 2.36. The van der Waals surface area contributed by atoms with Crippen molar-refractivity contribution in [1.29, 1.82) is 5.26 Å². The highest BCUT2D eigenvalue weighted by Gasteiger charge is 2.07. The number of nitriles is 1. The number of benzene rings is 1. The van der Waals surface area contributed by atoms with E-state index in [4.69, 9.17) is 10.00 Å². The van der Waals surface area contributed by atoms with Gasteiger partial charge in [-0.05, 0) is 30.3 Å². The summed E-state index contributed by atoms with van der Waals surface area (Å²) in [4.78, 5) is 0. The largest absolute Gasteiger partial charge is 0.496 e. The molecule has 1 aromatic heterocycles. The minimum absolute atomic E-state index is 0.00669. The van der Waals surface area contributed by atoms with Gasteiger partial charge in [-0.3, -0.25) is 0 Å². The molecule has 0 fully saturated rings. The van der Waals surface area contributed by atoms with Crippen LogP contribution < -0.4 is 4.74 Å². The van der Waals surface area contributed by atoms with Crippen molar-refractivity contribution in [3.8, 4) is 11.8 Å². The topological polar surface area (TPSA) is 58.2 Å². The molecule has 0 unspecified atom stereocenters. The highest BCUT2D eigenvalue weighted by atomic mass is 16.5. The van der Waals surface area contributed by atoms with Gasteiger partial charge in [-0.2, -0.15) is 5.26 Å². The lowest BCUT2D eigenvalue weighted by Gasteiger charge is -2.11. The number of rotatable bonds is 4. The maximum atomic E-state index is 9.21. The van der Waals surface area contributed by atoms with Crippen molar-refractivity contribution in [3.05, 3.63) is 53.3 Å². The third kappa shape index (κ3) is 2.36. The van der Waals surface area contributed by atoms with E-state index in [2.05, 4.69) is 6.07 Å². The second-order valence-electron chi connectivity index (χ2n) is 3.92. The van der Waals surface area contributed by atoms with E-state index in [-0.39, 0.29) is 6.61 Å². The Morgan fingerprint density at radius 2 is 2.22 bits per heavy atom. The molecule has 92 valence electrons. The number of ether oxygens (including phenoxy) is 1. The van der Waals surface area contributed by atoms with Gasteiger partial charge in [-0.1, -0.05) is 0 Å². The number of methoxy groups -OCH3 is 1. The molecular weight excluding hydrogens is 228 g/mol. The Bertz CT molecular complexity index is 582. The summed E-state index contributed by atoms with van der Waals surface area (Å²) in [7, 11) is 1.60. The molecule has 4 nitrogen and oxygen atoms in total. The molecule has 18 heavy (non-hydrogen) atoms. The zero-order valence-corrected chi connectivity index (χ0v) is 10.1. The van der Waals surface area contributed by atoms with Crippen LogP contribution in [-0.2, 0) is 13.2 Å². The van der Waals surface area contributed by atoms with Crippen LogP contribution in [0, 0.1) is 11.3 Å². The fourth-order valence-corrected chi connectivity index (χ4v) is 1.90. The summed E-state index contributed by atoms with van der Waals surface area (Å²) >= 11 is 0. The van der Waals surface area contributed by atoms with E-state index in [0.29, 0.717) is 12.1 Å². The highest BCUT2D eigenvalue weighted by Crippen LogP contribution is 2.21. The van der Waals surface area contributed by atoms with E-state index in [9.17, 15) is 5.11 Å². The zero-order valence-electron chi connectivity index (χ0n) is 10.1. The van der Waals surface area contributed by atoms with Crippen molar-refractivity contribution in [3.63, 3.8) is 0 Å². The van der Waals surface area contributed by atoms with Crippen molar-refractivity contribution in [2.24, 2.45) is 0 Å². The lowest BCUT2D eigenvalue weighted by Crippen LogP contribution is -2.05. The first-order valence-corrected chi connectivity index (χ1v) is 5.60. The van der Waals surface area contributed by atoms with Crippen molar-refractivity contribution in [2.45, 2.75) is 13.2 Å². The van der Waals surface area contributed by atoms with Crippen LogP contribution in [0.1, 0.15) is 16.8 Å². The van der Waals surface area contributed by atoms with E-state index in [1.165, 1.54) is 0 Å². The van der Waals surface area contributed by atoms with Gasteiger partial charge in [0, 0.05) is 17.5 Å². The molecule has 0 amide bonds. The Morgan fingerprint density at radius 3 is 2.89 bits per heavy atom. The molecule has 0 saturated heterocycles. The van der Waals surface area contributed by atoms with Crippen molar-refractivity contribution < 1.29 is 9.84 Å². The van der Waals surface area contributed by atoms with Crippen molar-refractivity contribution in [2.75, 3.05) is 7.11 Å². The van der Waals surface area contributed by atoms with Crippen molar-refractivity contribution in [1.82, 2.24) is 4.57 Å². The van der Waals surface area contributed by atoms with Crippen LogP contribution in [0.15, 0.2) is 36.5 Å². The lowest BCUT2D eigenvalue weighted by molar-refractivity contribution is 0.271. The summed E-state index contributed by atoms with van der Waals surface area (Å²) in [6.45, 7) is 0.564. The molecule has 0 radical (unpaired) electrons. The lowest BCUT2D eigenvalue weighted by atomic mass is 10.1. The Hall–Kier alpha value is -2.25. The molecule has 0 atom stereocenters. The number of nitrogens with zero attached hydrogens (tertiary/aromatic N) is 2. The highest BCUT2D eigenvalue weighted by molar-refractivity contribution is 5.42. The van der Waals surface area contributed by atoms with E-state index in [0.717, 1.165) is 17.0 Å². The van der Waals surface area contributed by atoms with Gasteiger partial charge < -0.3 is 14.4 Å². The molecule has 2 rings (SSSR count). The molecule has 1 N–H and O–H groups in total.